The van der Waals surface area contributed by atoms with E-state index in [1.165, 1.54) is 0 Å². The molecule has 22 heavy (non-hydrogen) atoms. The average Bonchev–Trinajstić information content (AvgIpc) is 2.92. The summed E-state index contributed by atoms with van der Waals surface area (Å²) in [5.41, 5.74) is -0.369. The van der Waals surface area contributed by atoms with Crippen LogP contribution >= 0.6 is 0 Å². The number of benzene rings is 1. The lowest BCUT2D eigenvalue weighted by Crippen LogP contribution is -2.40. The van der Waals surface area contributed by atoms with Crippen molar-refractivity contribution in [1.29, 1.82) is 0 Å². The highest BCUT2D eigenvalue weighted by Crippen LogP contribution is 2.18. The molecule has 0 aliphatic heterocycles. The van der Waals surface area contributed by atoms with Gasteiger partial charge in [0.1, 0.15) is 0 Å². The van der Waals surface area contributed by atoms with Crippen LogP contribution in [0.4, 0.5) is 18.9 Å². The Balaban J connectivity index is 1.95. The number of hydrogen-bond donors (Lipinski definition) is 3. The zero-order valence-corrected chi connectivity index (χ0v) is 11.3. The van der Waals surface area contributed by atoms with Gasteiger partial charge in [-0.3, -0.25) is 9.59 Å². The van der Waals surface area contributed by atoms with Crippen molar-refractivity contribution < 1.29 is 27.9 Å². The molecule has 8 heteroatoms. The first-order chi connectivity index (χ1) is 10.4. The molecule has 0 aromatic heterocycles. The topological polar surface area (TPSA) is 78.4 Å². The first-order valence-electron chi connectivity index (χ1n) is 6.46. The second kappa shape index (κ2) is 6.61. The van der Waals surface area contributed by atoms with Gasteiger partial charge < -0.3 is 15.7 Å². The van der Waals surface area contributed by atoms with Gasteiger partial charge in [-0.2, -0.15) is 0 Å². The van der Waals surface area contributed by atoms with Gasteiger partial charge >= 0.3 is 11.8 Å². The first kappa shape index (κ1) is 16.0. The summed E-state index contributed by atoms with van der Waals surface area (Å²) in [4.78, 5) is 23.3. The maximum atomic E-state index is 13.0. The van der Waals surface area contributed by atoms with E-state index in [1.54, 1.807) is 12.2 Å². The van der Waals surface area contributed by atoms with Crippen molar-refractivity contribution in [2.45, 2.75) is 12.5 Å². The van der Waals surface area contributed by atoms with Crippen LogP contribution < -0.4 is 10.6 Å². The molecular formula is C14H13F3N2O3. The van der Waals surface area contributed by atoms with Gasteiger partial charge in [0.25, 0.3) is 0 Å². The smallest absolute Gasteiger partial charge is 0.313 e. The second-order valence-electron chi connectivity index (χ2n) is 4.85. The van der Waals surface area contributed by atoms with E-state index in [2.05, 4.69) is 5.32 Å². The lowest BCUT2D eigenvalue weighted by Gasteiger charge is -2.12. The van der Waals surface area contributed by atoms with E-state index in [1.807, 2.05) is 5.32 Å². The standard InChI is InChI=1S/C14H13F3N2O3/c15-10-4-9(5-11(16)12(10)17)19-14(22)13(21)18-8-2-1-7(3-8)6-20/h1-2,4-5,7-8,20H,3,6H2,(H,18,21)(H,19,22)/t7-,8+/m0/s1. The van der Waals surface area contributed by atoms with Crippen molar-refractivity contribution in [2.75, 3.05) is 11.9 Å². The molecule has 0 saturated heterocycles. The van der Waals surface area contributed by atoms with Crippen molar-refractivity contribution in [3.8, 4) is 0 Å². The van der Waals surface area contributed by atoms with E-state index in [-0.39, 0.29) is 18.2 Å². The Labute approximate surface area is 123 Å². The van der Waals surface area contributed by atoms with E-state index in [0.717, 1.165) is 0 Å². The molecule has 2 amide bonds. The average molecular weight is 314 g/mol. The molecule has 0 spiro atoms. The number of hydrogen-bond acceptors (Lipinski definition) is 3. The first-order valence-corrected chi connectivity index (χ1v) is 6.46. The van der Waals surface area contributed by atoms with Crippen LogP contribution in [0.5, 0.6) is 0 Å². The highest BCUT2D eigenvalue weighted by molar-refractivity contribution is 6.39. The maximum absolute atomic E-state index is 13.0. The predicted molar refractivity (Wildman–Crippen MR) is 71.2 cm³/mol. The summed E-state index contributed by atoms with van der Waals surface area (Å²) in [6.45, 7) is -0.0663. The van der Waals surface area contributed by atoms with Crippen LogP contribution in [0, 0.1) is 23.4 Å². The fourth-order valence-corrected chi connectivity index (χ4v) is 2.07. The van der Waals surface area contributed by atoms with Gasteiger partial charge in [-0.05, 0) is 6.42 Å². The number of carbonyl (C=O) groups excluding carboxylic acids is 2. The van der Waals surface area contributed by atoms with Crippen LogP contribution in [0.1, 0.15) is 6.42 Å². The summed E-state index contributed by atoms with van der Waals surface area (Å²) in [7, 11) is 0. The molecule has 5 nitrogen and oxygen atoms in total. The van der Waals surface area contributed by atoms with Gasteiger partial charge in [0.05, 0.1) is 0 Å². The zero-order chi connectivity index (χ0) is 16.3. The molecule has 1 aliphatic rings. The number of halogens is 3. The van der Waals surface area contributed by atoms with E-state index in [4.69, 9.17) is 5.11 Å². The number of amides is 2. The zero-order valence-electron chi connectivity index (χ0n) is 11.3. The van der Waals surface area contributed by atoms with Gasteiger partial charge in [0.15, 0.2) is 17.5 Å². The minimum atomic E-state index is -1.66. The van der Waals surface area contributed by atoms with Crippen molar-refractivity contribution >= 4 is 17.5 Å². The summed E-state index contributed by atoms with van der Waals surface area (Å²) >= 11 is 0. The molecule has 1 aromatic rings. The fourth-order valence-electron chi connectivity index (χ4n) is 2.07. The van der Waals surface area contributed by atoms with Gasteiger partial charge in [-0.25, -0.2) is 13.2 Å². The lowest BCUT2D eigenvalue weighted by molar-refractivity contribution is -0.136. The molecule has 2 atom stereocenters. The highest BCUT2D eigenvalue weighted by atomic mass is 19.2. The lowest BCUT2D eigenvalue weighted by atomic mass is 10.1. The Kier molecular flexibility index (Phi) is 4.81. The summed E-state index contributed by atoms with van der Waals surface area (Å²) in [5.74, 6) is -6.83. The third-order valence-corrected chi connectivity index (χ3v) is 3.17. The van der Waals surface area contributed by atoms with E-state index in [9.17, 15) is 22.8 Å². The van der Waals surface area contributed by atoms with Gasteiger partial charge in [-0.1, -0.05) is 12.2 Å². The molecule has 3 N–H and O–H groups in total. The molecule has 118 valence electrons. The normalized spacial score (nSPS) is 20.0. The summed E-state index contributed by atoms with van der Waals surface area (Å²) < 4.78 is 38.8. The number of aliphatic hydroxyl groups is 1. The third-order valence-electron chi connectivity index (χ3n) is 3.17. The Bertz CT molecular complexity index is 611. The number of aliphatic hydroxyl groups excluding tert-OH is 1. The SMILES string of the molecule is O=C(Nc1cc(F)c(F)c(F)c1)C(=O)N[C@@H]1C=C[C@H](CO)C1. The van der Waals surface area contributed by atoms with E-state index < -0.39 is 35.3 Å². The Morgan fingerprint density at radius 2 is 1.77 bits per heavy atom. The number of nitrogens with one attached hydrogen (secondary N) is 2. The van der Waals surface area contributed by atoms with Crippen LogP contribution in [0.3, 0.4) is 0 Å². The summed E-state index contributed by atoms with van der Waals surface area (Å²) in [6.07, 6.45) is 3.81. The van der Waals surface area contributed by atoms with Crippen LogP contribution in [-0.4, -0.2) is 29.6 Å². The molecule has 2 rings (SSSR count). The highest BCUT2D eigenvalue weighted by Gasteiger charge is 2.23. The quantitative estimate of drug-likeness (QED) is 0.444. The van der Waals surface area contributed by atoms with Crippen molar-refractivity contribution in [1.82, 2.24) is 5.32 Å². The molecule has 1 aliphatic carbocycles. The monoisotopic (exact) mass is 314 g/mol. The van der Waals surface area contributed by atoms with Crippen molar-refractivity contribution in [3.05, 3.63) is 41.7 Å². The van der Waals surface area contributed by atoms with Crippen LogP contribution in [0.2, 0.25) is 0 Å². The van der Waals surface area contributed by atoms with Crippen LogP contribution in [0.25, 0.3) is 0 Å². The summed E-state index contributed by atoms with van der Waals surface area (Å²) in [6, 6.07) is 0.735. The van der Waals surface area contributed by atoms with Crippen molar-refractivity contribution in [2.24, 2.45) is 5.92 Å². The van der Waals surface area contributed by atoms with E-state index >= 15 is 0 Å². The summed E-state index contributed by atoms with van der Waals surface area (Å²) in [5, 5.41) is 13.3. The Morgan fingerprint density at radius 1 is 1.14 bits per heavy atom. The molecule has 0 radical (unpaired) electrons. The molecule has 0 unspecified atom stereocenters. The minimum absolute atomic E-state index is 0.0663. The van der Waals surface area contributed by atoms with E-state index in [0.29, 0.717) is 18.6 Å². The molecule has 0 fully saturated rings. The van der Waals surface area contributed by atoms with Crippen LogP contribution in [0.15, 0.2) is 24.3 Å². The molecule has 0 saturated carbocycles. The second-order valence-corrected chi connectivity index (χ2v) is 4.85. The predicted octanol–water partition coefficient (Wildman–Crippen LogP) is 1.10. The minimum Gasteiger partial charge on any atom is -0.396 e. The third kappa shape index (κ3) is 3.64. The largest absolute Gasteiger partial charge is 0.396 e. The van der Waals surface area contributed by atoms with Gasteiger partial charge in [-0.15, -0.1) is 0 Å². The number of anilines is 1. The van der Waals surface area contributed by atoms with Gasteiger partial charge in [0.2, 0.25) is 0 Å². The van der Waals surface area contributed by atoms with Crippen molar-refractivity contribution in [3.63, 3.8) is 0 Å². The van der Waals surface area contributed by atoms with Gasteiger partial charge in [0, 0.05) is 36.4 Å². The Morgan fingerprint density at radius 3 is 2.32 bits per heavy atom. The number of carbonyl (C=O) groups is 2. The molecular weight excluding hydrogens is 301 g/mol. The molecule has 0 bridgehead atoms. The van der Waals surface area contributed by atoms with Crippen LogP contribution in [-0.2, 0) is 9.59 Å². The molecule has 1 aromatic carbocycles. The maximum Gasteiger partial charge on any atom is 0.313 e. The number of rotatable bonds is 3. The fraction of sp³-hybridized carbons (Fsp3) is 0.286. The molecule has 0 heterocycles. The Hall–Kier alpha value is -2.35.